The Morgan fingerprint density at radius 1 is 1.56 bits per heavy atom. The maximum atomic E-state index is 11.4. The molecule has 0 aromatic carbocycles. The Hall–Kier alpha value is -1.43. The van der Waals surface area contributed by atoms with Crippen molar-refractivity contribution in [1.82, 2.24) is 20.3 Å². The summed E-state index contributed by atoms with van der Waals surface area (Å²) >= 11 is 0. The Labute approximate surface area is 93.6 Å². The van der Waals surface area contributed by atoms with Gasteiger partial charge in [-0.1, -0.05) is 5.21 Å². The number of rotatable bonds is 5. The second kappa shape index (κ2) is 5.07. The summed E-state index contributed by atoms with van der Waals surface area (Å²) in [6.07, 6.45) is 5.20. The van der Waals surface area contributed by atoms with Crippen molar-refractivity contribution >= 4 is 5.91 Å². The molecular formula is C10H16N4O2. The van der Waals surface area contributed by atoms with Gasteiger partial charge in [0.15, 0.2) is 0 Å². The highest BCUT2D eigenvalue weighted by molar-refractivity contribution is 5.75. The SMILES string of the molecule is O=C(CCn1ccnn1)NCC1CC(O)C1. The molecule has 6 nitrogen and oxygen atoms in total. The van der Waals surface area contributed by atoms with Gasteiger partial charge in [-0.15, -0.1) is 5.10 Å². The van der Waals surface area contributed by atoms with Crippen LogP contribution in [0.15, 0.2) is 12.4 Å². The Kier molecular flexibility index (Phi) is 3.51. The molecule has 1 heterocycles. The van der Waals surface area contributed by atoms with E-state index in [4.69, 9.17) is 5.11 Å². The number of aliphatic hydroxyl groups excluding tert-OH is 1. The van der Waals surface area contributed by atoms with E-state index in [1.807, 2.05) is 0 Å². The van der Waals surface area contributed by atoms with Crippen LogP contribution in [0.4, 0.5) is 0 Å². The minimum Gasteiger partial charge on any atom is -0.393 e. The van der Waals surface area contributed by atoms with E-state index in [0.717, 1.165) is 12.8 Å². The molecular weight excluding hydrogens is 208 g/mol. The first kappa shape index (κ1) is 11.1. The second-order valence-corrected chi connectivity index (χ2v) is 4.21. The van der Waals surface area contributed by atoms with Crippen LogP contribution < -0.4 is 5.32 Å². The molecule has 1 aromatic rings. The van der Waals surface area contributed by atoms with Gasteiger partial charge in [0, 0.05) is 19.2 Å². The molecule has 0 saturated heterocycles. The number of nitrogens with one attached hydrogen (secondary N) is 1. The molecule has 0 spiro atoms. The summed E-state index contributed by atoms with van der Waals surface area (Å²) in [6.45, 7) is 1.23. The molecule has 0 aliphatic heterocycles. The van der Waals surface area contributed by atoms with Crippen LogP contribution >= 0.6 is 0 Å². The van der Waals surface area contributed by atoms with Crippen molar-refractivity contribution in [2.24, 2.45) is 5.92 Å². The molecule has 1 fully saturated rings. The number of carbonyl (C=O) groups excluding carboxylic acids is 1. The normalized spacial score (nSPS) is 23.8. The standard InChI is InChI=1S/C10H16N4O2/c15-9-5-8(6-9)7-11-10(16)1-3-14-4-2-12-13-14/h2,4,8-9,15H,1,3,5-7H2,(H,11,16). The molecule has 0 atom stereocenters. The lowest BCUT2D eigenvalue weighted by atomic mass is 9.82. The predicted octanol–water partition coefficient (Wildman–Crippen LogP) is -0.445. The molecule has 16 heavy (non-hydrogen) atoms. The van der Waals surface area contributed by atoms with E-state index in [1.165, 1.54) is 0 Å². The Morgan fingerprint density at radius 2 is 2.38 bits per heavy atom. The number of aliphatic hydroxyl groups is 1. The van der Waals surface area contributed by atoms with E-state index in [2.05, 4.69) is 15.6 Å². The summed E-state index contributed by atoms with van der Waals surface area (Å²) in [4.78, 5) is 11.4. The summed E-state index contributed by atoms with van der Waals surface area (Å²) in [5, 5.41) is 19.4. The van der Waals surface area contributed by atoms with Crippen molar-refractivity contribution in [1.29, 1.82) is 0 Å². The van der Waals surface area contributed by atoms with Gasteiger partial charge in [0.1, 0.15) is 0 Å². The van der Waals surface area contributed by atoms with Gasteiger partial charge in [-0.3, -0.25) is 9.48 Å². The molecule has 1 aromatic heterocycles. The van der Waals surface area contributed by atoms with Gasteiger partial charge in [0.2, 0.25) is 5.91 Å². The van der Waals surface area contributed by atoms with Crippen molar-refractivity contribution < 1.29 is 9.90 Å². The molecule has 1 amide bonds. The third-order valence-electron chi connectivity index (χ3n) is 2.84. The predicted molar refractivity (Wildman–Crippen MR) is 56.4 cm³/mol. The average Bonchev–Trinajstić information content (AvgIpc) is 2.72. The largest absolute Gasteiger partial charge is 0.393 e. The lowest BCUT2D eigenvalue weighted by Crippen LogP contribution is -2.38. The Morgan fingerprint density at radius 3 is 3.00 bits per heavy atom. The van der Waals surface area contributed by atoms with Gasteiger partial charge >= 0.3 is 0 Å². The van der Waals surface area contributed by atoms with Gasteiger partial charge in [-0.2, -0.15) is 0 Å². The summed E-state index contributed by atoms with van der Waals surface area (Å²) < 4.78 is 1.63. The van der Waals surface area contributed by atoms with Crippen LogP contribution in [0.3, 0.4) is 0 Å². The fourth-order valence-corrected chi connectivity index (χ4v) is 1.78. The Balaban J connectivity index is 1.58. The smallest absolute Gasteiger partial charge is 0.221 e. The van der Waals surface area contributed by atoms with Crippen molar-refractivity contribution in [3.8, 4) is 0 Å². The first-order valence-electron chi connectivity index (χ1n) is 5.53. The van der Waals surface area contributed by atoms with Gasteiger partial charge in [-0.05, 0) is 18.8 Å². The summed E-state index contributed by atoms with van der Waals surface area (Å²) in [5.74, 6) is 0.474. The molecule has 1 aliphatic rings. The van der Waals surface area contributed by atoms with E-state index in [0.29, 0.717) is 25.4 Å². The summed E-state index contributed by atoms with van der Waals surface area (Å²) in [5.41, 5.74) is 0. The molecule has 88 valence electrons. The lowest BCUT2D eigenvalue weighted by Gasteiger charge is -2.31. The van der Waals surface area contributed by atoms with Crippen LogP contribution in [0, 0.1) is 5.92 Å². The molecule has 0 unspecified atom stereocenters. The molecule has 1 aliphatic carbocycles. The molecule has 2 N–H and O–H groups in total. The minimum atomic E-state index is -0.156. The summed E-state index contributed by atoms with van der Waals surface area (Å²) in [7, 11) is 0. The highest BCUT2D eigenvalue weighted by Gasteiger charge is 2.26. The van der Waals surface area contributed by atoms with E-state index in [1.54, 1.807) is 17.1 Å². The zero-order chi connectivity index (χ0) is 11.4. The minimum absolute atomic E-state index is 0.0249. The highest BCUT2D eigenvalue weighted by Crippen LogP contribution is 2.25. The molecule has 1 saturated carbocycles. The van der Waals surface area contributed by atoms with Crippen molar-refractivity contribution in [3.63, 3.8) is 0 Å². The van der Waals surface area contributed by atoms with Crippen molar-refractivity contribution in [2.45, 2.75) is 31.9 Å². The molecule has 2 rings (SSSR count). The van der Waals surface area contributed by atoms with E-state index >= 15 is 0 Å². The number of aryl methyl sites for hydroxylation is 1. The van der Waals surface area contributed by atoms with Gasteiger partial charge < -0.3 is 10.4 Å². The van der Waals surface area contributed by atoms with Crippen LogP contribution in [0.2, 0.25) is 0 Å². The van der Waals surface area contributed by atoms with Gasteiger partial charge in [-0.25, -0.2) is 0 Å². The van der Waals surface area contributed by atoms with E-state index < -0.39 is 0 Å². The highest BCUT2D eigenvalue weighted by atomic mass is 16.3. The molecule has 0 bridgehead atoms. The quantitative estimate of drug-likeness (QED) is 0.710. The van der Waals surface area contributed by atoms with Crippen LogP contribution in [-0.2, 0) is 11.3 Å². The van der Waals surface area contributed by atoms with E-state index in [-0.39, 0.29) is 12.0 Å². The maximum absolute atomic E-state index is 11.4. The second-order valence-electron chi connectivity index (χ2n) is 4.21. The Bertz CT molecular complexity index is 333. The van der Waals surface area contributed by atoms with Crippen molar-refractivity contribution in [2.75, 3.05) is 6.54 Å². The van der Waals surface area contributed by atoms with Crippen molar-refractivity contribution in [3.05, 3.63) is 12.4 Å². The van der Waals surface area contributed by atoms with Gasteiger partial charge in [0.25, 0.3) is 0 Å². The number of aromatic nitrogens is 3. The fourth-order valence-electron chi connectivity index (χ4n) is 1.78. The number of carbonyl (C=O) groups is 1. The number of hydrogen-bond donors (Lipinski definition) is 2. The van der Waals surface area contributed by atoms with Gasteiger partial charge in [0.05, 0.1) is 18.8 Å². The van der Waals surface area contributed by atoms with Crippen LogP contribution in [-0.4, -0.2) is 38.7 Å². The topological polar surface area (TPSA) is 80.0 Å². The zero-order valence-electron chi connectivity index (χ0n) is 9.04. The molecule has 0 radical (unpaired) electrons. The zero-order valence-corrected chi connectivity index (χ0v) is 9.04. The van der Waals surface area contributed by atoms with Crippen LogP contribution in [0.5, 0.6) is 0 Å². The number of amides is 1. The van der Waals surface area contributed by atoms with E-state index in [9.17, 15) is 4.79 Å². The van der Waals surface area contributed by atoms with Crippen LogP contribution in [0.1, 0.15) is 19.3 Å². The third kappa shape index (κ3) is 3.03. The monoisotopic (exact) mass is 224 g/mol. The average molecular weight is 224 g/mol. The fraction of sp³-hybridized carbons (Fsp3) is 0.700. The number of nitrogens with zero attached hydrogens (tertiary/aromatic N) is 3. The number of hydrogen-bond acceptors (Lipinski definition) is 4. The first-order valence-corrected chi connectivity index (χ1v) is 5.53. The lowest BCUT2D eigenvalue weighted by molar-refractivity contribution is -0.121. The van der Waals surface area contributed by atoms with Crippen LogP contribution in [0.25, 0.3) is 0 Å². The molecule has 6 heteroatoms. The third-order valence-corrected chi connectivity index (χ3v) is 2.84. The summed E-state index contributed by atoms with van der Waals surface area (Å²) in [6, 6.07) is 0. The first-order chi connectivity index (χ1) is 7.74. The maximum Gasteiger partial charge on any atom is 0.221 e.